The van der Waals surface area contributed by atoms with Gasteiger partial charge in [-0.1, -0.05) is 13.3 Å². The molecule has 0 aromatic carbocycles. The number of sulfone groups is 1. The summed E-state index contributed by atoms with van der Waals surface area (Å²) in [7, 11) is -0.997. The first kappa shape index (κ1) is 16.5. The van der Waals surface area contributed by atoms with Gasteiger partial charge in [-0.3, -0.25) is 4.68 Å². The molecule has 1 heterocycles. The van der Waals surface area contributed by atoms with Crippen molar-refractivity contribution in [2.75, 3.05) is 12.8 Å². The predicted molar refractivity (Wildman–Crippen MR) is 85.0 cm³/mol. The van der Waals surface area contributed by atoms with Crippen LogP contribution in [0.2, 0.25) is 0 Å². The fourth-order valence-electron chi connectivity index (χ4n) is 3.44. The van der Waals surface area contributed by atoms with Crippen LogP contribution in [-0.4, -0.2) is 36.2 Å². The van der Waals surface area contributed by atoms with Crippen LogP contribution < -0.4 is 5.32 Å². The van der Waals surface area contributed by atoms with Crippen molar-refractivity contribution in [1.29, 1.82) is 0 Å². The maximum absolute atomic E-state index is 11.9. The van der Waals surface area contributed by atoms with E-state index in [2.05, 4.69) is 24.3 Å². The molecule has 1 aliphatic carbocycles. The zero-order valence-electron chi connectivity index (χ0n) is 13.5. The second-order valence-electron chi connectivity index (χ2n) is 6.22. The van der Waals surface area contributed by atoms with E-state index in [4.69, 9.17) is 0 Å². The van der Waals surface area contributed by atoms with Crippen LogP contribution in [0.25, 0.3) is 0 Å². The molecule has 1 aromatic rings. The van der Waals surface area contributed by atoms with Crippen molar-refractivity contribution in [3.63, 3.8) is 0 Å². The Morgan fingerprint density at radius 1 is 1.48 bits per heavy atom. The number of nitrogens with zero attached hydrogens (tertiary/aromatic N) is 2. The fraction of sp³-hybridized carbons (Fsp3) is 0.800. The molecule has 1 fully saturated rings. The second kappa shape index (κ2) is 6.48. The van der Waals surface area contributed by atoms with Crippen LogP contribution in [0.15, 0.2) is 6.20 Å². The van der Waals surface area contributed by atoms with Gasteiger partial charge >= 0.3 is 0 Å². The summed E-state index contributed by atoms with van der Waals surface area (Å²) >= 11 is 0. The SMILES string of the molecule is CCNC(c1cnn(C)c1C)C1CCCC(S(C)(=O)=O)C1. The summed E-state index contributed by atoms with van der Waals surface area (Å²) in [6.07, 6.45) is 6.93. The van der Waals surface area contributed by atoms with Crippen molar-refractivity contribution in [3.05, 3.63) is 17.5 Å². The Morgan fingerprint density at radius 3 is 2.71 bits per heavy atom. The van der Waals surface area contributed by atoms with Crippen molar-refractivity contribution in [2.24, 2.45) is 13.0 Å². The molecular formula is C15H27N3O2S. The van der Waals surface area contributed by atoms with Gasteiger partial charge in [-0.15, -0.1) is 0 Å². The third-order valence-corrected chi connectivity index (χ3v) is 6.42. The van der Waals surface area contributed by atoms with Crippen LogP contribution in [0.4, 0.5) is 0 Å². The molecule has 0 radical (unpaired) electrons. The van der Waals surface area contributed by atoms with Crippen molar-refractivity contribution in [3.8, 4) is 0 Å². The number of hydrogen-bond acceptors (Lipinski definition) is 4. The lowest BCUT2D eigenvalue weighted by atomic mass is 9.81. The summed E-state index contributed by atoms with van der Waals surface area (Å²) in [5.74, 6) is 0.362. The van der Waals surface area contributed by atoms with Gasteiger partial charge in [0.2, 0.25) is 0 Å². The minimum Gasteiger partial charge on any atom is -0.310 e. The number of nitrogens with one attached hydrogen (secondary N) is 1. The van der Waals surface area contributed by atoms with Crippen LogP contribution >= 0.6 is 0 Å². The normalized spacial score (nSPS) is 25.0. The molecule has 21 heavy (non-hydrogen) atoms. The van der Waals surface area contributed by atoms with Crippen molar-refractivity contribution >= 4 is 9.84 Å². The van der Waals surface area contributed by atoms with E-state index in [1.165, 1.54) is 11.8 Å². The summed E-state index contributed by atoms with van der Waals surface area (Å²) in [5, 5.41) is 7.70. The topological polar surface area (TPSA) is 64.0 Å². The van der Waals surface area contributed by atoms with E-state index < -0.39 is 9.84 Å². The molecule has 0 spiro atoms. The smallest absolute Gasteiger partial charge is 0.150 e. The first-order valence-corrected chi connectivity index (χ1v) is 9.70. The average molecular weight is 313 g/mol. The van der Waals surface area contributed by atoms with E-state index in [9.17, 15) is 8.42 Å². The molecular weight excluding hydrogens is 286 g/mol. The lowest BCUT2D eigenvalue weighted by Crippen LogP contribution is -2.35. The molecule has 5 nitrogen and oxygen atoms in total. The van der Waals surface area contributed by atoms with E-state index in [1.54, 1.807) is 0 Å². The van der Waals surface area contributed by atoms with E-state index in [1.807, 2.05) is 17.9 Å². The highest BCUT2D eigenvalue weighted by Gasteiger charge is 2.34. The van der Waals surface area contributed by atoms with Gasteiger partial charge in [0.1, 0.15) is 9.84 Å². The van der Waals surface area contributed by atoms with Gasteiger partial charge in [0, 0.05) is 30.6 Å². The van der Waals surface area contributed by atoms with Gasteiger partial charge in [0.05, 0.1) is 11.4 Å². The van der Waals surface area contributed by atoms with E-state index in [-0.39, 0.29) is 11.3 Å². The minimum atomic E-state index is -2.94. The first-order chi connectivity index (χ1) is 9.84. The van der Waals surface area contributed by atoms with Crippen molar-refractivity contribution in [1.82, 2.24) is 15.1 Å². The Labute approximate surface area is 128 Å². The van der Waals surface area contributed by atoms with Gasteiger partial charge in [0.15, 0.2) is 0 Å². The van der Waals surface area contributed by atoms with Gasteiger partial charge < -0.3 is 5.32 Å². The third-order valence-electron chi connectivity index (χ3n) is 4.78. The maximum atomic E-state index is 11.9. The lowest BCUT2D eigenvalue weighted by Gasteiger charge is -2.34. The molecule has 0 bridgehead atoms. The summed E-state index contributed by atoms with van der Waals surface area (Å²) in [5.41, 5.74) is 2.36. The summed E-state index contributed by atoms with van der Waals surface area (Å²) in [4.78, 5) is 0. The van der Waals surface area contributed by atoms with Crippen LogP contribution in [0, 0.1) is 12.8 Å². The molecule has 2 rings (SSSR count). The number of hydrogen-bond donors (Lipinski definition) is 1. The Morgan fingerprint density at radius 2 is 2.19 bits per heavy atom. The zero-order chi connectivity index (χ0) is 15.6. The molecule has 1 aromatic heterocycles. The molecule has 1 N–H and O–H groups in total. The van der Waals surface area contributed by atoms with Crippen LogP contribution in [0.3, 0.4) is 0 Å². The maximum Gasteiger partial charge on any atom is 0.150 e. The quantitative estimate of drug-likeness (QED) is 0.903. The highest BCUT2D eigenvalue weighted by Crippen LogP contribution is 2.37. The van der Waals surface area contributed by atoms with E-state index >= 15 is 0 Å². The van der Waals surface area contributed by atoms with Crippen molar-refractivity contribution in [2.45, 2.75) is 50.8 Å². The molecule has 6 heteroatoms. The second-order valence-corrected chi connectivity index (χ2v) is 8.55. The molecule has 3 atom stereocenters. The summed E-state index contributed by atoms with van der Waals surface area (Å²) < 4.78 is 25.7. The zero-order valence-corrected chi connectivity index (χ0v) is 14.3. The molecule has 1 saturated carbocycles. The molecule has 0 saturated heterocycles. The molecule has 120 valence electrons. The van der Waals surface area contributed by atoms with E-state index in [0.29, 0.717) is 5.92 Å². The highest BCUT2D eigenvalue weighted by atomic mass is 32.2. The average Bonchev–Trinajstić information content (AvgIpc) is 2.76. The molecule has 0 amide bonds. The minimum absolute atomic E-state index is 0.186. The monoisotopic (exact) mass is 313 g/mol. The lowest BCUT2D eigenvalue weighted by molar-refractivity contribution is 0.275. The van der Waals surface area contributed by atoms with Gasteiger partial charge in [-0.25, -0.2) is 8.42 Å². The fourth-order valence-corrected chi connectivity index (χ4v) is 4.64. The van der Waals surface area contributed by atoms with Gasteiger partial charge in [-0.05, 0) is 38.6 Å². The van der Waals surface area contributed by atoms with Crippen LogP contribution in [-0.2, 0) is 16.9 Å². The highest BCUT2D eigenvalue weighted by molar-refractivity contribution is 7.91. The predicted octanol–water partition coefficient (Wildman–Crippen LogP) is 1.98. The van der Waals surface area contributed by atoms with Crippen LogP contribution in [0.1, 0.15) is 49.9 Å². The Balaban J connectivity index is 2.24. The van der Waals surface area contributed by atoms with Crippen molar-refractivity contribution < 1.29 is 8.42 Å². The largest absolute Gasteiger partial charge is 0.310 e. The molecule has 3 unspecified atom stereocenters. The van der Waals surface area contributed by atoms with Gasteiger partial charge in [-0.2, -0.15) is 5.10 Å². The standard InChI is InChI=1S/C15H27N3O2S/c1-5-16-15(14-10-17-18(3)11(14)2)12-7-6-8-13(9-12)21(4,19)20/h10,12-13,15-16H,5-9H2,1-4H3. The van der Waals surface area contributed by atoms with Gasteiger partial charge in [0.25, 0.3) is 0 Å². The van der Waals surface area contributed by atoms with E-state index in [0.717, 1.165) is 37.9 Å². The van der Waals surface area contributed by atoms with Crippen LogP contribution in [0.5, 0.6) is 0 Å². The first-order valence-electron chi connectivity index (χ1n) is 7.75. The Hall–Kier alpha value is -0.880. The summed E-state index contributed by atoms with van der Waals surface area (Å²) in [6, 6.07) is 0.202. The number of rotatable bonds is 5. The summed E-state index contributed by atoms with van der Waals surface area (Å²) in [6.45, 7) is 5.04. The molecule has 1 aliphatic rings. The Kier molecular flexibility index (Phi) is 5.09. The molecule has 0 aliphatic heterocycles. The number of aryl methyl sites for hydroxylation is 1. The third kappa shape index (κ3) is 3.66. The number of aromatic nitrogens is 2. The Bertz CT molecular complexity index is 580.